The number of nitrogens with two attached hydrogens (primary N) is 1. The van der Waals surface area contributed by atoms with Gasteiger partial charge in [-0.3, -0.25) is 0 Å². The number of fused-ring (bicyclic) bond motifs is 1. The molecule has 12 heavy (non-hydrogen) atoms. The first-order chi connectivity index (χ1) is 5.83. The lowest BCUT2D eigenvalue weighted by Crippen LogP contribution is -2.00. The normalized spacial score (nSPS) is 14.3. The van der Waals surface area contributed by atoms with Gasteiger partial charge in [0.1, 0.15) is 0 Å². The van der Waals surface area contributed by atoms with Crippen LogP contribution in [0.25, 0.3) is 5.57 Å². The van der Waals surface area contributed by atoms with E-state index in [1.165, 1.54) is 22.3 Å². The minimum atomic E-state index is 0.663. The summed E-state index contributed by atoms with van der Waals surface area (Å²) in [7, 11) is 0. The summed E-state index contributed by atoms with van der Waals surface area (Å²) in [6, 6.07) is 6.42. The molecule has 0 saturated carbocycles. The van der Waals surface area contributed by atoms with Crippen LogP contribution in [0.1, 0.15) is 16.7 Å². The van der Waals surface area contributed by atoms with E-state index in [1.807, 2.05) is 0 Å². The van der Waals surface area contributed by atoms with Crippen LogP contribution in [0.3, 0.4) is 0 Å². The molecule has 0 aliphatic heterocycles. The maximum Gasteiger partial charge on any atom is 0.0181 e. The first-order valence-corrected chi connectivity index (χ1v) is 4.31. The molecule has 62 valence electrons. The number of allylic oxidation sites excluding steroid dienone is 1. The third kappa shape index (κ3) is 0.978. The van der Waals surface area contributed by atoms with Crippen LogP contribution in [-0.4, -0.2) is 6.54 Å². The fraction of sp³-hybridized carbons (Fsp3) is 0.273. The highest BCUT2D eigenvalue weighted by molar-refractivity contribution is 5.74. The van der Waals surface area contributed by atoms with Gasteiger partial charge in [-0.2, -0.15) is 0 Å². The van der Waals surface area contributed by atoms with Gasteiger partial charge in [0.15, 0.2) is 0 Å². The average Bonchev–Trinajstić information content (AvgIpc) is 2.49. The summed E-state index contributed by atoms with van der Waals surface area (Å²) in [6.45, 7) is 2.82. The molecular weight excluding hydrogens is 146 g/mol. The molecule has 1 aromatic rings. The van der Waals surface area contributed by atoms with E-state index >= 15 is 0 Å². The Labute approximate surface area is 72.9 Å². The fourth-order valence-corrected chi connectivity index (χ4v) is 1.80. The molecule has 2 rings (SSSR count). The van der Waals surface area contributed by atoms with Gasteiger partial charge >= 0.3 is 0 Å². The van der Waals surface area contributed by atoms with Gasteiger partial charge in [0.25, 0.3) is 0 Å². The monoisotopic (exact) mass is 159 g/mol. The van der Waals surface area contributed by atoms with Gasteiger partial charge in [-0.15, -0.1) is 0 Å². The topological polar surface area (TPSA) is 26.0 Å². The van der Waals surface area contributed by atoms with Crippen molar-refractivity contribution < 1.29 is 0 Å². The highest BCUT2D eigenvalue weighted by Crippen LogP contribution is 2.28. The highest BCUT2D eigenvalue weighted by Gasteiger charge is 2.13. The molecule has 0 spiro atoms. The Balaban J connectivity index is 2.53. The van der Waals surface area contributed by atoms with E-state index in [4.69, 9.17) is 5.73 Å². The van der Waals surface area contributed by atoms with Crippen molar-refractivity contribution in [1.29, 1.82) is 0 Å². The Kier molecular flexibility index (Phi) is 1.74. The summed E-state index contributed by atoms with van der Waals surface area (Å²) in [4.78, 5) is 0. The summed E-state index contributed by atoms with van der Waals surface area (Å²) in [5, 5.41) is 0. The summed E-state index contributed by atoms with van der Waals surface area (Å²) in [5.74, 6) is 0. The summed E-state index contributed by atoms with van der Waals surface area (Å²) in [5.41, 5.74) is 11.1. The van der Waals surface area contributed by atoms with Crippen molar-refractivity contribution in [2.45, 2.75) is 13.3 Å². The first kappa shape index (κ1) is 7.56. The minimum Gasteiger partial charge on any atom is -0.326 e. The summed E-state index contributed by atoms with van der Waals surface area (Å²) >= 11 is 0. The average molecular weight is 159 g/mol. The van der Waals surface area contributed by atoms with E-state index in [1.54, 1.807) is 0 Å². The van der Waals surface area contributed by atoms with E-state index < -0.39 is 0 Å². The Morgan fingerprint density at radius 3 is 3.00 bits per heavy atom. The predicted octanol–water partition coefficient (Wildman–Crippen LogP) is 1.89. The zero-order valence-corrected chi connectivity index (χ0v) is 7.30. The van der Waals surface area contributed by atoms with E-state index in [9.17, 15) is 0 Å². The van der Waals surface area contributed by atoms with Crippen molar-refractivity contribution in [3.63, 3.8) is 0 Å². The summed E-state index contributed by atoms with van der Waals surface area (Å²) < 4.78 is 0. The number of rotatable bonds is 1. The van der Waals surface area contributed by atoms with Crippen molar-refractivity contribution >= 4 is 5.57 Å². The second-order valence-electron chi connectivity index (χ2n) is 3.24. The lowest BCUT2D eigenvalue weighted by Gasteiger charge is -2.05. The van der Waals surface area contributed by atoms with Crippen LogP contribution >= 0.6 is 0 Å². The molecule has 0 bridgehead atoms. The number of aryl methyl sites for hydroxylation is 1. The van der Waals surface area contributed by atoms with Crippen LogP contribution in [0.2, 0.25) is 0 Å². The smallest absolute Gasteiger partial charge is 0.0181 e. The molecule has 1 aliphatic rings. The molecule has 1 aliphatic carbocycles. The zero-order valence-electron chi connectivity index (χ0n) is 7.30. The molecule has 1 heteroatoms. The molecule has 1 aromatic carbocycles. The lowest BCUT2D eigenvalue weighted by atomic mass is 10.0. The van der Waals surface area contributed by atoms with Crippen LogP contribution in [-0.2, 0) is 6.42 Å². The molecule has 0 saturated heterocycles. The molecule has 2 N–H and O–H groups in total. The fourth-order valence-electron chi connectivity index (χ4n) is 1.80. The zero-order chi connectivity index (χ0) is 8.55. The van der Waals surface area contributed by atoms with Crippen LogP contribution in [0.5, 0.6) is 0 Å². The maximum atomic E-state index is 5.63. The minimum absolute atomic E-state index is 0.663. The third-order valence-corrected chi connectivity index (χ3v) is 2.53. The molecule has 0 atom stereocenters. The second-order valence-corrected chi connectivity index (χ2v) is 3.24. The standard InChI is InChI=1S/C11H13N/c1-8-3-2-4-11-9(7-12)5-6-10(8)11/h2-5H,6-7,12H2,1H3. The van der Waals surface area contributed by atoms with Crippen LogP contribution in [0.15, 0.2) is 24.3 Å². The molecule has 0 heterocycles. The SMILES string of the molecule is Cc1cccc2c1CC=C2CN. The number of benzene rings is 1. The Morgan fingerprint density at radius 1 is 1.42 bits per heavy atom. The number of hydrogen-bond donors (Lipinski definition) is 1. The highest BCUT2D eigenvalue weighted by atomic mass is 14.5. The quantitative estimate of drug-likeness (QED) is 0.665. The van der Waals surface area contributed by atoms with Crippen LogP contribution < -0.4 is 5.73 Å². The maximum absolute atomic E-state index is 5.63. The van der Waals surface area contributed by atoms with E-state index in [0.717, 1.165) is 6.42 Å². The van der Waals surface area contributed by atoms with Gasteiger partial charge in [0, 0.05) is 6.54 Å². The van der Waals surface area contributed by atoms with Gasteiger partial charge in [-0.1, -0.05) is 24.3 Å². The Hall–Kier alpha value is -1.08. The van der Waals surface area contributed by atoms with E-state index in [0.29, 0.717) is 6.54 Å². The van der Waals surface area contributed by atoms with Crippen molar-refractivity contribution in [3.05, 3.63) is 41.0 Å². The molecule has 0 radical (unpaired) electrons. The predicted molar refractivity (Wildman–Crippen MR) is 51.9 cm³/mol. The van der Waals surface area contributed by atoms with Crippen molar-refractivity contribution in [1.82, 2.24) is 0 Å². The molecule has 1 nitrogen and oxygen atoms in total. The van der Waals surface area contributed by atoms with Gasteiger partial charge < -0.3 is 5.73 Å². The van der Waals surface area contributed by atoms with Gasteiger partial charge in [0.05, 0.1) is 0 Å². The van der Waals surface area contributed by atoms with Crippen molar-refractivity contribution in [2.75, 3.05) is 6.54 Å². The van der Waals surface area contributed by atoms with Crippen molar-refractivity contribution in [3.8, 4) is 0 Å². The van der Waals surface area contributed by atoms with Crippen LogP contribution in [0.4, 0.5) is 0 Å². The molecule has 0 aromatic heterocycles. The second kappa shape index (κ2) is 2.76. The first-order valence-electron chi connectivity index (χ1n) is 4.31. The Morgan fingerprint density at radius 2 is 2.25 bits per heavy atom. The van der Waals surface area contributed by atoms with E-state index in [-0.39, 0.29) is 0 Å². The van der Waals surface area contributed by atoms with E-state index in [2.05, 4.69) is 31.2 Å². The van der Waals surface area contributed by atoms with Gasteiger partial charge in [0.2, 0.25) is 0 Å². The molecular formula is C11H13N. The summed E-state index contributed by atoms with van der Waals surface area (Å²) in [6.07, 6.45) is 3.30. The molecule has 0 unspecified atom stereocenters. The Bertz CT molecular complexity index is 337. The largest absolute Gasteiger partial charge is 0.326 e. The molecule has 0 amide bonds. The number of hydrogen-bond acceptors (Lipinski definition) is 1. The third-order valence-electron chi connectivity index (χ3n) is 2.53. The lowest BCUT2D eigenvalue weighted by molar-refractivity contribution is 1.24. The van der Waals surface area contributed by atoms with Gasteiger partial charge in [-0.05, 0) is 35.6 Å². The molecule has 0 fully saturated rings. The van der Waals surface area contributed by atoms with Gasteiger partial charge in [-0.25, -0.2) is 0 Å². The van der Waals surface area contributed by atoms with Crippen molar-refractivity contribution in [2.24, 2.45) is 5.73 Å². The van der Waals surface area contributed by atoms with Crippen LogP contribution in [0, 0.1) is 6.92 Å².